The maximum atomic E-state index is 12.4. The SMILES string of the molecule is O=C(Nc1ccc(OC(F)F)cc1)c1cccc(S(=O)(=O)NCC2CC2)c1. The van der Waals surface area contributed by atoms with Crippen molar-refractivity contribution in [3.05, 3.63) is 54.1 Å². The summed E-state index contributed by atoms with van der Waals surface area (Å²) in [6.07, 6.45) is 2.04. The minimum absolute atomic E-state index is 0.0106. The molecule has 6 nitrogen and oxygen atoms in total. The first-order valence-corrected chi connectivity index (χ1v) is 9.78. The lowest BCUT2D eigenvalue weighted by molar-refractivity contribution is -0.0498. The van der Waals surface area contributed by atoms with Gasteiger partial charge in [-0.15, -0.1) is 0 Å². The summed E-state index contributed by atoms with van der Waals surface area (Å²) in [6.45, 7) is -2.53. The quantitative estimate of drug-likeness (QED) is 0.718. The Morgan fingerprint density at radius 2 is 1.85 bits per heavy atom. The first-order chi connectivity index (χ1) is 12.8. The van der Waals surface area contributed by atoms with Crippen molar-refractivity contribution in [3.63, 3.8) is 0 Å². The standard InChI is InChI=1S/C18H18F2N2O4S/c19-18(20)26-15-8-6-14(7-9-15)22-17(23)13-2-1-3-16(10-13)27(24,25)21-11-12-4-5-12/h1-3,6-10,12,18,21H,4-5,11H2,(H,22,23). The van der Waals surface area contributed by atoms with Gasteiger partial charge in [0.15, 0.2) is 0 Å². The van der Waals surface area contributed by atoms with Gasteiger partial charge >= 0.3 is 6.61 Å². The van der Waals surface area contributed by atoms with E-state index in [-0.39, 0.29) is 16.2 Å². The smallest absolute Gasteiger partial charge is 0.387 e. The average Bonchev–Trinajstić information content (AvgIpc) is 3.46. The van der Waals surface area contributed by atoms with Crippen LogP contribution in [0.2, 0.25) is 0 Å². The predicted molar refractivity (Wildman–Crippen MR) is 95.4 cm³/mol. The van der Waals surface area contributed by atoms with Crippen molar-refractivity contribution in [2.75, 3.05) is 11.9 Å². The topological polar surface area (TPSA) is 84.5 Å². The summed E-state index contributed by atoms with van der Waals surface area (Å²) in [5, 5.41) is 2.58. The molecule has 0 unspecified atom stereocenters. The number of hydrogen-bond acceptors (Lipinski definition) is 4. The number of amides is 1. The number of ether oxygens (including phenoxy) is 1. The highest BCUT2D eigenvalue weighted by molar-refractivity contribution is 7.89. The fraction of sp³-hybridized carbons (Fsp3) is 0.278. The Morgan fingerprint density at radius 3 is 2.48 bits per heavy atom. The number of benzene rings is 2. The minimum atomic E-state index is -3.68. The monoisotopic (exact) mass is 396 g/mol. The summed E-state index contributed by atoms with van der Waals surface area (Å²) >= 11 is 0. The molecule has 2 aromatic carbocycles. The number of carbonyl (C=O) groups excluding carboxylic acids is 1. The van der Waals surface area contributed by atoms with Gasteiger partial charge in [-0.3, -0.25) is 4.79 Å². The fourth-order valence-corrected chi connectivity index (χ4v) is 3.52. The van der Waals surface area contributed by atoms with E-state index in [2.05, 4.69) is 14.8 Å². The molecule has 1 fully saturated rings. The highest BCUT2D eigenvalue weighted by atomic mass is 32.2. The second-order valence-electron chi connectivity index (χ2n) is 6.18. The van der Waals surface area contributed by atoms with Gasteiger partial charge in [0.1, 0.15) is 5.75 Å². The zero-order valence-electron chi connectivity index (χ0n) is 14.2. The Labute approximate surface area is 155 Å². The number of rotatable bonds is 8. The summed E-state index contributed by atoms with van der Waals surface area (Å²) in [5.41, 5.74) is 0.527. The van der Waals surface area contributed by atoms with Gasteiger partial charge in [0.25, 0.3) is 5.91 Å². The Kier molecular flexibility index (Phi) is 5.71. The van der Waals surface area contributed by atoms with Gasteiger partial charge in [-0.1, -0.05) is 6.07 Å². The van der Waals surface area contributed by atoms with Crippen molar-refractivity contribution in [2.45, 2.75) is 24.3 Å². The predicted octanol–water partition coefficient (Wildman–Crippen LogP) is 3.23. The van der Waals surface area contributed by atoms with E-state index < -0.39 is 22.5 Å². The molecule has 0 radical (unpaired) electrons. The maximum absolute atomic E-state index is 12.4. The molecule has 1 amide bonds. The molecular formula is C18H18F2N2O4S. The molecule has 2 aromatic rings. The third kappa shape index (κ3) is 5.48. The van der Waals surface area contributed by atoms with Crippen molar-refractivity contribution >= 4 is 21.6 Å². The Bertz CT molecular complexity index is 913. The van der Waals surface area contributed by atoms with Crippen LogP contribution in [0.25, 0.3) is 0 Å². The molecule has 1 saturated carbocycles. The van der Waals surface area contributed by atoms with Gasteiger partial charge in [-0.05, 0) is 61.2 Å². The van der Waals surface area contributed by atoms with Crippen LogP contribution in [0.4, 0.5) is 14.5 Å². The van der Waals surface area contributed by atoms with Crippen LogP contribution in [0, 0.1) is 5.92 Å². The molecule has 0 bridgehead atoms. The molecular weight excluding hydrogens is 378 g/mol. The zero-order valence-corrected chi connectivity index (χ0v) is 15.0. The van der Waals surface area contributed by atoms with Crippen molar-refractivity contribution in [1.82, 2.24) is 4.72 Å². The van der Waals surface area contributed by atoms with Gasteiger partial charge in [-0.25, -0.2) is 13.1 Å². The highest BCUT2D eigenvalue weighted by Crippen LogP contribution is 2.28. The zero-order chi connectivity index (χ0) is 19.4. The lowest BCUT2D eigenvalue weighted by Crippen LogP contribution is -2.26. The molecule has 144 valence electrons. The van der Waals surface area contributed by atoms with Crippen LogP contribution >= 0.6 is 0 Å². The number of nitrogens with one attached hydrogen (secondary N) is 2. The summed E-state index contributed by atoms with van der Waals surface area (Å²) in [5.74, 6) is -0.155. The summed E-state index contributed by atoms with van der Waals surface area (Å²) in [6, 6.07) is 11.1. The van der Waals surface area contributed by atoms with E-state index >= 15 is 0 Å². The third-order valence-electron chi connectivity index (χ3n) is 4.00. The van der Waals surface area contributed by atoms with Crippen molar-refractivity contribution in [1.29, 1.82) is 0 Å². The molecule has 9 heteroatoms. The van der Waals surface area contributed by atoms with Crippen LogP contribution in [-0.2, 0) is 10.0 Å². The average molecular weight is 396 g/mol. The molecule has 1 aliphatic carbocycles. The molecule has 0 aliphatic heterocycles. The molecule has 0 heterocycles. The van der Waals surface area contributed by atoms with E-state index in [1.165, 1.54) is 48.5 Å². The molecule has 27 heavy (non-hydrogen) atoms. The van der Waals surface area contributed by atoms with Gasteiger partial charge in [-0.2, -0.15) is 8.78 Å². The molecule has 0 atom stereocenters. The Hall–Kier alpha value is -2.52. The van der Waals surface area contributed by atoms with Crippen LogP contribution in [-0.4, -0.2) is 27.5 Å². The van der Waals surface area contributed by atoms with Gasteiger partial charge in [0.05, 0.1) is 4.90 Å². The largest absolute Gasteiger partial charge is 0.435 e. The van der Waals surface area contributed by atoms with E-state index in [9.17, 15) is 22.0 Å². The number of hydrogen-bond donors (Lipinski definition) is 2. The Balaban J connectivity index is 1.67. The van der Waals surface area contributed by atoms with Gasteiger partial charge in [0, 0.05) is 17.8 Å². The second-order valence-corrected chi connectivity index (χ2v) is 7.95. The highest BCUT2D eigenvalue weighted by Gasteiger charge is 2.24. The van der Waals surface area contributed by atoms with Gasteiger partial charge < -0.3 is 10.1 Å². The first-order valence-electron chi connectivity index (χ1n) is 8.29. The molecule has 0 aromatic heterocycles. The van der Waals surface area contributed by atoms with Crippen molar-refractivity contribution in [2.24, 2.45) is 5.92 Å². The number of carbonyl (C=O) groups is 1. The minimum Gasteiger partial charge on any atom is -0.435 e. The molecule has 0 saturated heterocycles. The lowest BCUT2D eigenvalue weighted by atomic mass is 10.2. The van der Waals surface area contributed by atoms with E-state index in [4.69, 9.17) is 0 Å². The fourth-order valence-electron chi connectivity index (χ4n) is 2.36. The van der Waals surface area contributed by atoms with Crippen LogP contribution in [0.15, 0.2) is 53.4 Å². The number of alkyl halides is 2. The van der Waals surface area contributed by atoms with Crippen LogP contribution in [0.1, 0.15) is 23.2 Å². The summed E-state index contributed by atoms with van der Waals surface area (Å²) in [7, 11) is -3.68. The van der Waals surface area contributed by atoms with E-state index in [1.807, 2.05) is 0 Å². The second kappa shape index (κ2) is 8.01. The summed E-state index contributed by atoms with van der Waals surface area (Å²) in [4.78, 5) is 12.4. The van der Waals surface area contributed by atoms with E-state index in [0.29, 0.717) is 18.2 Å². The molecule has 1 aliphatic rings. The van der Waals surface area contributed by atoms with Crippen LogP contribution in [0.3, 0.4) is 0 Å². The van der Waals surface area contributed by atoms with Crippen molar-refractivity contribution < 1.29 is 26.7 Å². The number of anilines is 1. The number of sulfonamides is 1. The van der Waals surface area contributed by atoms with Crippen LogP contribution < -0.4 is 14.8 Å². The molecule has 0 spiro atoms. The number of halogens is 2. The normalized spacial score (nSPS) is 14.2. The lowest BCUT2D eigenvalue weighted by Gasteiger charge is -2.09. The Morgan fingerprint density at radius 1 is 1.15 bits per heavy atom. The summed E-state index contributed by atoms with van der Waals surface area (Å²) < 4.78 is 55.7. The first kappa shape index (κ1) is 19.2. The molecule has 3 rings (SSSR count). The van der Waals surface area contributed by atoms with Crippen LogP contribution in [0.5, 0.6) is 5.75 Å². The van der Waals surface area contributed by atoms with E-state index in [1.54, 1.807) is 0 Å². The van der Waals surface area contributed by atoms with Gasteiger partial charge in [0.2, 0.25) is 10.0 Å². The molecule has 2 N–H and O–H groups in total. The third-order valence-corrected chi connectivity index (χ3v) is 5.42. The van der Waals surface area contributed by atoms with E-state index in [0.717, 1.165) is 12.8 Å². The maximum Gasteiger partial charge on any atom is 0.387 e. The van der Waals surface area contributed by atoms with Crippen molar-refractivity contribution in [3.8, 4) is 5.75 Å².